The predicted octanol–water partition coefficient (Wildman–Crippen LogP) is 8.46. The summed E-state index contributed by atoms with van der Waals surface area (Å²) < 4.78 is 18.9. The lowest BCUT2D eigenvalue weighted by Crippen LogP contribution is -2.03. The summed E-state index contributed by atoms with van der Waals surface area (Å²) in [5.41, 5.74) is 0. The number of unbranched alkanes of at least 4 members (excludes halogenated alkanes) is 5. The maximum Gasteiger partial charge on any atom is 0.306 e. The Balaban J connectivity index is -0.000000219. The van der Waals surface area contributed by atoms with Crippen molar-refractivity contribution in [3.05, 3.63) is 0 Å². The minimum atomic E-state index is -0.135. The Bertz CT molecular complexity index is 558. The topological polar surface area (TPSA) is 105 Å². The molecule has 0 saturated carbocycles. The SMILES string of the molecule is CCOC(=O)CCBr.CCOC(=O)CCCBr.CCOC(=O)CCCCCBr.CCOC(=O)CCCCCCBr. The first-order valence-electron chi connectivity index (χ1n) is 14.1. The van der Waals surface area contributed by atoms with Gasteiger partial charge in [-0.25, -0.2) is 0 Å². The minimum absolute atomic E-state index is 0.0589. The van der Waals surface area contributed by atoms with Crippen LogP contribution in [-0.4, -0.2) is 71.6 Å². The molecule has 0 atom stereocenters. The molecule has 0 N–H and O–H groups in total. The highest BCUT2D eigenvalue weighted by Crippen LogP contribution is 2.05. The van der Waals surface area contributed by atoms with Crippen LogP contribution in [0, 0.1) is 0 Å². The van der Waals surface area contributed by atoms with E-state index in [-0.39, 0.29) is 23.9 Å². The van der Waals surface area contributed by atoms with Crippen LogP contribution in [0.2, 0.25) is 0 Å². The Labute approximate surface area is 276 Å². The average Bonchev–Trinajstić information content (AvgIpc) is 2.92. The number of esters is 4. The molecule has 0 fully saturated rings. The van der Waals surface area contributed by atoms with E-state index in [4.69, 9.17) is 9.47 Å². The largest absolute Gasteiger partial charge is 0.466 e. The van der Waals surface area contributed by atoms with E-state index in [1.54, 1.807) is 6.92 Å². The van der Waals surface area contributed by atoms with Crippen LogP contribution in [0.15, 0.2) is 0 Å². The molecule has 0 spiro atoms. The first-order valence-corrected chi connectivity index (χ1v) is 18.6. The number of alkyl halides is 4. The zero-order chi connectivity index (χ0) is 31.3. The second-order valence-electron chi connectivity index (χ2n) is 7.80. The average molecular weight is 836 g/mol. The van der Waals surface area contributed by atoms with E-state index in [0.29, 0.717) is 57.4 Å². The second kappa shape index (κ2) is 43.3. The molecule has 0 aliphatic carbocycles. The zero-order valence-corrected chi connectivity index (χ0v) is 31.3. The van der Waals surface area contributed by atoms with Crippen LogP contribution in [0.25, 0.3) is 0 Å². The molecule has 240 valence electrons. The number of halogens is 4. The monoisotopic (exact) mass is 832 g/mol. The van der Waals surface area contributed by atoms with Crippen LogP contribution in [0.3, 0.4) is 0 Å². The van der Waals surface area contributed by atoms with Gasteiger partial charge in [0, 0.05) is 40.6 Å². The number of ether oxygens (including phenoxy) is 4. The van der Waals surface area contributed by atoms with Crippen LogP contribution in [-0.2, 0) is 38.1 Å². The van der Waals surface area contributed by atoms with Crippen molar-refractivity contribution in [3.63, 3.8) is 0 Å². The maximum absolute atomic E-state index is 10.8. The number of carbonyl (C=O) groups excluding carboxylic acids is 4. The summed E-state index contributed by atoms with van der Waals surface area (Å²) in [6.45, 7) is 9.24. The molecule has 0 saturated heterocycles. The predicted molar refractivity (Wildman–Crippen MR) is 177 cm³/mol. The third kappa shape index (κ3) is 50.6. The van der Waals surface area contributed by atoms with Crippen molar-refractivity contribution in [2.24, 2.45) is 0 Å². The molecule has 0 aliphatic heterocycles. The summed E-state index contributed by atoms with van der Waals surface area (Å²) in [6, 6.07) is 0. The molecule has 0 aromatic rings. The summed E-state index contributed by atoms with van der Waals surface area (Å²) >= 11 is 13.0. The van der Waals surface area contributed by atoms with Gasteiger partial charge in [0.1, 0.15) is 0 Å². The van der Waals surface area contributed by atoms with Gasteiger partial charge >= 0.3 is 23.9 Å². The van der Waals surface area contributed by atoms with E-state index in [2.05, 4.69) is 73.2 Å². The van der Waals surface area contributed by atoms with Gasteiger partial charge in [-0.1, -0.05) is 83.0 Å². The fraction of sp³-hybridized carbons (Fsp3) is 0.857. The minimum Gasteiger partial charge on any atom is -0.466 e. The molecule has 0 bridgehead atoms. The van der Waals surface area contributed by atoms with Gasteiger partial charge in [-0.15, -0.1) is 0 Å². The Morgan fingerprint density at radius 1 is 0.375 bits per heavy atom. The third-order valence-corrected chi connectivity index (χ3v) is 6.39. The molecule has 0 aliphatic rings. The van der Waals surface area contributed by atoms with Crippen molar-refractivity contribution in [1.29, 1.82) is 0 Å². The molecule has 0 aromatic carbocycles. The second-order valence-corrected chi connectivity index (χ2v) is 11.0. The van der Waals surface area contributed by atoms with Crippen molar-refractivity contribution in [2.45, 2.75) is 105 Å². The normalized spacial score (nSPS) is 9.40. The van der Waals surface area contributed by atoms with Crippen molar-refractivity contribution < 1.29 is 38.1 Å². The lowest BCUT2D eigenvalue weighted by atomic mass is 10.2. The molecule has 40 heavy (non-hydrogen) atoms. The lowest BCUT2D eigenvalue weighted by Gasteiger charge is -2.00. The van der Waals surface area contributed by atoms with Gasteiger partial charge in [0.05, 0.1) is 32.8 Å². The summed E-state index contributed by atoms with van der Waals surface area (Å²) in [5.74, 6) is -0.361. The molecule has 0 aromatic heterocycles. The van der Waals surface area contributed by atoms with Gasteiger partial charge in [-0.2, -0.15) is 0 Å². The molecule has 0 unspecified atom stereocenters. The molecule has 12 heteroatoms. The van der Waals surface area contributed by atoms with E-state index < -0.39 is 0 Å². The molecule has 0 radical (unpaired) electrons. The number of carbonyl (C=O) groups is 4. The van der Waals surface area contributed by atoms with Crippen LogP contribution >= 0.6 is 63.7 Å². The van der Waals surface area contributed by atoms with Crippen molar-refractivity contribution in [3.8, 4) is 0 Å². The van der Waals surface area contributed by atoms with Crippen molar-refractivity contribution in [1.82, 2.24) is 0 Å². The van der Waals surface area contributed by atoms with Gasteiger partial charge in [-0.05, 0) is 59.8 Å². The fourth-order valence-electron chi connectivity index (χ4n) is 2.48. The van der Waals surface area contributed by atoms with Gasteiger partial charge < -0.3 is 18.9 Å². The first kappa shape index (κ1) is 46.7. The van der Waals surface area contributed by atoms with Crippen molar-refractivity contribution in [2.75, 3.05) is 47.7 Å². The maximum atomic E-state index is 10.8. The number of hydrogen-bond donors (Lipinski definition) is 0. The first-order chi connectivity index (χ1) is 19.2. The Kier molecular flexibility index (Phi) is 50.6. The van der Waals surface area contributed by atoms with E-state index in [1.807, 2.05) is 20.8 Å². The molecule has 0 rings (SSSR count). The highest BCUT2D eigenvalue weighted by Gasteiger charge is 2.01. The van der Waals surface area contributed by atoms with E-state index in [0.717, 1.165) is 54.5 Å². The standard InChI is InChI=1S/C9H17BrO2.C8H15BrO2.C6H11BrO2.C5H9BrO2/c1-2-12-9(11)7-5-3-4-6-8-10;1-2-11-8(10)6-4-3-5-7-9;1-2-9-6(8)4-3-5-7;1-2-8-5(7)3-4-6/h2-8H2,1H3;2-7H2,1H3;2-5H2,1H3;2-4H2,1H3. The van der Waals surface area contributed by atoms with Gasteiger partial charge in [0.25, 0.3) is 0 Å². The summed E-state index contributed by atoms with van der Waals surface area (Å²) in [6.07, 6.45) is 10.7. The highest BCUT2D eigenvalue weighted by atomic mass is 79.9. The molecular formula is C28H52Br4O8. The van der Waals surface area contributed by atoms with Gasteiger partial charge in [0.2, 0.25) is 0 Å². The van der Waals surface area contributed by atoms with Crippen LogP contribution in [0.1, 0.15) is 105 Å². The Hall–Kier alpha value is -0.200. The molecule has 0 heterocycles. The van der Waals surface area contributed by atoms with E-state index >= 15 is 0 Å². The molecular weight excluding hydrogens is 784 g/mol. The Morgan fingerprint density at radius 3 is 0.950 bits per heavy atom. The smallest absolute Gasteiger partial charge is 0.306 e. The summed E-state index contributed by atoms with van der Waals surface area (Å²) in [5, 5.41) is 3.64. The van der Waals surface area contributed by atoms with Gasteiger partial charge in [0.15, 0.2) is 0 Å². The van der Waals surface area contributed by atoms with Crippen LogP contribution in [0.4, 0.5) is 0 Å². The lowest BCUT2D eigenvalue weighted by molar-refractivity contribution is -0.144. The molecule has 8 nitrogen and oxygen atoms in total. The van der Waals surface area contributed by atoms with Crippen LogP contribution < -0.4 is 0 Å². The van der Waals surface area contributed by atoms with Crippen LogP contribution in [0.5, 0.6) is 0 Å². The highest BCUT2D eigenvalue weighted by molar-refractivity contribution is 9.09. The van der Waals surface area contributed by atoms with Crippen molar-refractivity contribution >= 4 is 87.6 Å². The number of rotatable bonds is 20. The number of hydrogen-bond acceptors (Lipinski definition) is 8. The third-order valence-electron chi connectivity index (χ3n) is 4.31. The molecule has 0 amide bonds. The fourth-order valence-corrected chi connectivity index (χ4v) is 3.88. The summed E-state index contributed by atoms with van der Waals surface area (Å²) in [4.78, 5) is 42.6. The Morgan fingerprint density at radius 2 is 0.650 bits per heavy atom. The van der Waals surface area contributed by atoms with Gasteiger partial charge in [-0.3, -0.25) is 19.2 Å². The van der Waals surface area contributed by atoms with E-state index in [9.17, 15) is 19.2 Å². The quantitative estimate of drug-likeness (QED) is 0.0521. The van der Waals surface area contributed by atoms with E-state index in [1.165, 1.54) is 12.8 Å². The summed E-state index contributed by atoms with van der Waals surface area (Å²) in [7, 11) is 0. The zero-order valence-electron chi connectivity index (χ0n) is 24.9.